The van der Waals surface area contributed by atoms with Crippen molar-refractivity contribution in [2.45, 2.75) is 12.4 Å². The van der Waals surface area contributed by atoms with Gasteiger partial charge in [-0.15, -0.1) is 0 Å². The maximum Gasteiger partial charge on any atom is 0.493 e. The first-order valence-electron chi connectivity index (χ1n) is 12.3. The smallest absolute Gasteiger partial charge is 0.415 e. The molecule has 0 aliphatic carbocycles. The Morgan fingerprint density at radius 3 is 2.36 bits per heavy atom. The van der Waals surface area contributed by atoms with E-state index in [0.29, 0.717) is 44.0 Å². The Morgan fingerprint density at radius 2 is 1.67 bits per heavy atom. The fraction of sp³-hybridized carbons (Fsp3) is 0.250. The number of oxazole rings is 1. The molecule has 1 aromatic carbocycles. The van der Waals surface area contributed by atoms with Crippen LogP contribution in [0, 0.1) is 5.82 Å². The zero-order chi connectivity index (χ0) is 32.5. The molecule has 3 aromatic heterocycles. The van der Waals surface area contributed by atoms with Gasteiger partial charge in [0.2, 0.25) is 5.95 Å². The summed E-state index contributed by atoms with van der Waals surface area (Å²) in [6, 6.07) is 4.82. The van der Waals surface area contributed by atoms with E-state index in [2.05, 4.69) is 39.6 Å². The first-order valence-corrected chi connectivity index (χ1v) is 12.3. The van der Waals surface area contributed by atoms with Crippen LogP contribution in [0.3, 0.4) is 0 Å². The van der Waals surface area contributed by atoms with Crippen LogP contribution >= 0.6 is 0 Å². The highest BCUT2D eigenvalue weighted by Gasteiger charge is 2.44. The standard InChI is InChI=1S/C24H16F7N7O7/c25-12-10-33-21(34-11-3-4-32-15(9-11)37-5-7-42-8-6-37)36-18(12)35-13-1-2-14-16(17(13)44-19(39)23(26,27)28)38(22(41)43-14)45-20(40)24(29,30)31/h1-4,9-10H,5-8H2,(H2,32,33,34,35,36). The number of nitrogens with zero attached hydrogens (tertiary/aromatic N) is 5. The summed E-state index contributed by atoms with van der Waals surface area (Å²) in [7, 11) is 0. The van der Waals surface area contributed by atoms with Gasteiger partial charge in [-0.05, 0) is 18.2 Å². The minimum atomic E-state index is -5.66. The Hall–Kier alpha value is -5.47. The average Bonchev–Trinajstić information content (AvgIpc) is 3.30. The number of anilines is 5. The molecule has 2 N–H and O–H groups in total. The van der Waals surface area contributed by atoms with Crippen molar-refractivity contribution in [3.63, 3.8) is 0 Å². The third-order valence-electron chi connectivity index (χ3n) is 5.83. The maximum atomic E-state index is 14.8. The lowest BCUT2D eigenvalue weighted by molar-refractivity contribution is -0.200. The van der Waals surface area contributed by atoms with Crippen LogP contribution in [0.1, 0.15) is 0 Å². The van der Waals surface area contributed by atoms with Crippen molar-refractivity contribution < 1.29 is 59.1 Å². The number of morpholine rings is 1. The van der Waals surface area contributed by atoms with Crippen molar-refractivity contribution in [1.82, 2.24) is 19.7 Å². The number of nitrogens with one attached hydrogen (secondary N) is 2. The van der Waals surface area contributed by atoms with Gasteiger partial charge in [0.15, 0.2) is 28.5 Å². The predicted octanol–water partition coefficient (Wildman–Crippen LogP) is 3.23. The fourth-order valence-corrected chi connectivity index (χ4v) is 3.86. The van der Waals surface area contributed by atoms with Crippen molar-refractivity contribution in [2.75, 3.05) is 41.8 Å². The molecule has 0 bridgehead atoms. The lowest BCUT2D eigenvalue weighted by atomic mass is 10.2. The summed E-state index contributed by atoms with van der Waals surface area (Å²) < 4.78 is 106. The van der Waals surface area contributed by atoms with Crippen LogP contribution in [0.15, 0.2) is 45.9 Å². The summed E-state index contributed by atoms with van der Waals surface area (Å²) in [5.41, 5.74) is -2.27. The van der Waals surface area contributed by atoms with Crippen molar-refractivity contribution in [1.29, 1.82) is 0 Å². The van der Waals surface area contributed by atoms with Crippen molar-refractivity contribution >= 4 is 52.0 Å². The third kappa shape index (κ3) is 6.87. The lowest BCUT2D eigenvalue weighted by Crippen LogP contribution is -2.37. The topological polar surface area (TPSA) is 163 Å². The minimum absolute atomic E-state index is 0.243. The van der Waals surface area contributed by atoms with Crippen molar-refractivity contribution in [3.8, 4) is 5.75 Å². The number of rotatable bonds is 7. The third-order valence-corrected chi connectivity index (χ3v) is 5.83. The summed E-state index contributed by atoms with van der Waals surface area (Å²) in [4.78, 5) is 53.2. The molecule has 45 heavy (non-hydrogen) atoms. The average molecular weight is 647 g/mol. The van der Waals surface area contributed by atoms with E-state index in [0.717, 1.165) is 12.1 Å². The summed E-state index contributed by atoms with van der Waals surface area (Å²) in [5, 5.41) is 5.03. The molecule has 4 heterocycles. The fourth-order valence-electron chi connectivity index (χ4n) is 3.86. The van der Waals surface area contributed by atoms with Crippen LogP contribution in [-0.4, -0.2) is 70.3 Å². The molecule has 238 valence electrons. The van der Waals surface area contributed by atoms with E-state index in [4.69, 9.17) is 4.74 Å². The first-order chi connectivity index (χ1) is 21.2. The van der Waals surface area contributed by atoms with Gasteiger partial charge in [0.05, 0.1) is 25.1 Å². The van der Waals surface area contributed by atoms with Crippen LogP contribution < -0.4 is 30.9 Å². The molecule has 0 radical (unpaired) electrons. The number of ether oxygens (including phenoxy) is 2. The van der Waals surface area contributed by atoms with Gasteiger partial charge in [0, 0.05) is 31.0 Å². The number of hydrogen-bond donors (Lipinski definition) is 2. The molecular formula is C24H16F7N7O7. The van der Waals surface area contributed by atoms with E-state index in [9.17, 15) is 45.1 Å². The van der Waals surface area contributed by atoms with E-state index in [1.807, 2.05) is 4.90 Å². The number of halogens is 7. The van der Waals surface area contributed by atoms with E-state index >= 15 is 0 Å². The Balaban J connectivity index is 1.52. The van der Waals surface area contributed by atoms with Crippen LogP contribution in [0.4, 0.5) is 59.7 Å². The highest BCUT2D eigenvalue weighted by Crippen LogP contribution is 2.37. The number of carbonyl (C=O) groups excluding carboxylic acids is 2. The number of fused-ring (bicyclic) bond motifs is 1. The number of hydrogen-bond acceptors (Lipinski definition) is 13. The second-order valence-corrected chi connectivity index (χ2v) is 8.86. The number of aromatic nitrogens is 4. The zero-order valence-electron chi connectivity index (χ0n) is 22.0. The number of benzene rings is 1. The van der Waals surface area contributed by atoms with Crippen LogP contribution in [0.5, 0.6) is 5.75 Å². The van der Waals surface area contributed by atoms with Crippen LogP contribution in [0.2, 0.25) is 0 Å². The summed E-state index contributed by atoms with van der Waals surface area (Å²) in [6.07, 6.45) is -9.17. The molecule has 0 saturated carbocycles. The normalized spacial score (nSPS) is 13.9. The molecule has 1 aliphatic heterocycles. The van der Waals surface area contributed by atoms with Crippen LogP contribution in [-0.2, 0) is 14.3 Å². The molecule has 1 aliphatic rings. The van der Waals surface area contributed by atoms with E-state index in [1.165, 1.54) is 12.3 Å². The van der Waals surface area contributed by atoms with Gasteiger partial charge in [0.25, 0.3) is 0 Å². The molecule has 0 unspecified atom stereocenters. The summed E-state index contributed by atoms with van der Waals surface area (Å²) >= 11 is 0. The van der Waals surface area contributed by atoms with Gasteiger partial charge in [0.1, 0.15) is 5.82 Å². The monoisotopic (exact) mass is 647 g/mol. The SMILES string of the molecule is O=C(Oc1c(Nc2nc(Nc3ccnc(N4CCOCC4)c3)ncc2F)ccc2oc(=O)n(OC(=O)C(F)(F)F)c12)C(F)(F)F. The lowest BCUT2D eigenvalue weighted by Gasteiger charge is -2.28. The number of pyridine rings is 1. The van der Waals surface area contributed by atoms with Gasteiger partial charge < -0.3 is 34.3 Å². The van der Waals surface area contributed by atoms with Gasteiger partial charge in [-0.3, -0.25) is 0 Å². The molecule has 0 amide bonds. The molecule has 0 atom stereocenters. The molecule has 14 nitrogen and oxygen atoms in total. The number of esters is 1. The van der Waals surface area contributed by atoms with Gasteiger partial charge in [-0.25, -0.2) is 28.7 Å². The molecule has 1 fully saturated rings. The van der Waals surface area contributed by atoms with Crippen molar-refractivity contribution in [3.05, 3.63) is 53.0 Å². The molecule has 1 saturated heterocycles. The second kappa shape index (κ2) is 11.9. The van der Waals surface area contributed by atoms with Crippen LogP contribution in [0.25, 0.3) is 11.1 Å². The van der Waals surface area contributed by atoms with Crippen molar-refractivity contribution in [2.24, 2.45) is 0 Å². The maximum absolute atomic E-state index is 14.8. The predicted molar refractivity (Wildman–Crippen MR) is 136 cm³/mol. The Morgan fingerprint density at radius 1 is 0.956 bits per heavy atom. The molecule has 5 rings (SSSR count). The van der Waals surface area contributed by atoms with Gasteiger partial charge in [-0.2, -0.15) is 31.3 Å². The van der Waals surface area contributed by atoms with E-state index in [1.54, 1.807) is 6.07 Å². The summed E-state index contributed by atoms with van der Waals surface area (Å²) in [6.45, 7) is 2.12. The van der Waals surface area contributed by atoms with E-state index in [-0.39, 0.29) is 5.95 Å². The van der Waals surface area contributed by atoms with Gasteiger partial charge >= 0.3 is 30.0 Å². The Labute approximate surface area is 244 Å². The molecule has 0 spiro atoms. The zero-order valence-corrected chi connectivity index (χ0v) is 22.0. The highest BCUT2D eigenvalue weighted by atomic mass is 19.4. The summed E-state index contributed by atoms with van der Waals surface area (Å²) in [5.74, 6) is -10.6. The number of alkyl halides is 6. The Kier molecular flexibility index (Phi) is 8.19. The quantitative estimate of drug-likeness (QED) is 0.171. The minimum Gasteiger partial charge on any atom is -0.415 e. The second-order valence-electron chi connectivity index (χ2n) is 8.86. The molecular weight excluding hydrogens is 631 g/mol. The first kappa shape index (κ1) is 31.0. The number of carbonyl (C=O) groups is 2. The Bertz CT molecular complexity index is 1820. The van der Waals surface area contributed by atoms with E-state index < -0.39 is 68.9 Å². The molecule has 4 aromatic rings. The van der Waals surface area contributed by atoms with Gasteiger partial charge in [-0.1, -0.05) is 4.73 Å². The largest absolute Gasteiger partial charge is 0.493 e. The highest BCUT2D eigenvalue weighted by molar-refractivity contribution is 5.92. The molecule has 21 heteroatoms.